The van der Waals surface area contributed by atoms with Crippen molar-refractivity contribution in [3.05, 3.63) is 0 Å². The zero-order chi connectivity index (χ0) is 18.7. The average Bonchev–Trinajstić information content (AvgIpc) is 2.35. The van der Waals surface area contributed by atoms with E-state index in [-0.39, 0.29) is 24.3 Å². The summed E-state index contributed by atoms with van der Waals surface area (Å²) in [5.41, 5.74) is -1.01. The summed E-state index contributed by atoms with van der Waals surface area (Å²) >= 11 is 0. The number of carbonyl (C=O) groups excluding carboxylic acids is 2. The third kappa shape index (κ3) is 6.21. The minimum atomic E-state index is -0.507. The minimum absolute atomic E-state index is 0.0232. The van der Waals surface area contributed by atoms with Crippen LogP contribution in [-0.4, -0.2) is 58.4 Å². The number of rotatable bonds is 2. The van der Waals surface area contributed by atoms with Gasteiger partial charge in [0.2, 0.25) is 0 Å². The molecule has 6 nitrogen and oxygen atoms in total. The van der Waals surface area contributed by atoms with Gasteiger partial charge >= 0.3 is 12.2 Å². The van der Waals surface area contributed by atoms with E-state index in [1.54, 1.807) is 9.80 Å². The van der Waals surface area contributed by atoms with E-state index in [0.717, 1.165) is 12.8 Å². The second-order valence-electron chi connectivity index (χ2n) is 8.47. The van der Waals surface area contributed by atoms with Gasteiger partial charge in [-0.3, -0.25) is 0 Å². The molecule has 1 fully saturated rings. The van der Waals surface area contributed by atoms with Crippen molar-refractivity contribution < 1.29 is 19.1 Å². The van der Waals surface area contributed by atoms with Gasteiger partial charge < -0.3 is 19.3 Å². The van der Waals surface area contributed by atoms with Crippen molar-refractivity contribution in [3.8, 4) is 0 Å². The van der Waals surface area contributed by atoms with Gasteiger partial charge in [0.25, 0.3) is 0 Å². The molecule has 0 saturated carbocycles. The number of nitrogens with zero attached hydrogens (tertiary/aromatic N) is 2. The molecule has 24 heavy (non-hydrogen) atoms. The monoisotopic (exact) mass is 342 g/mol. The molecule has 1 saturated heterocycles. The number of hydrogen-bond donors (Lipinski definition) is 0. The van der Waals surface area contributed by atoms with Gasteiger partial charge in [-0.1, -0.05) is 0 Å². The van der Waals surface area contributed by atoms with Gasteiger partial charge in [-0.2, -0.15) is 0 Å². The topological polar surface area (TPSA) is 59.1 Å². The van der Waals surface area contributed by atoms with Crippen molar-refractivity contribution >= 4 is 12.2 Å². The van der Waals surface area contributed by atoms with Crippen LogP contribution in [0.1, 0.15) is 68.2 Å². The van der Waals surface area contributed by atoms with E-state index in [0.29, 0.717) is 13.1 Å². The van der Waals surface area contributed by atoms with Gasteiger partial charge in [0.05, 0.1) is 0 Å². The average molecular weight is 342 g/mol. The molecular weight excluding hydrogens is 308 g/mol. The van der Waals surface area contributed by atoms with Crippen LogP contribution in [0.15, 0.2) is 0 Å². The Morgan fingerprint density at radius 2 is 1.62 bits per heavy atom. The van der Waals surface area contributed by atoms with E-state index in [9.17, 15) is 9.59 Å². The minimum Gasteiger partial charge on any atom is -0.444 e. The summed E-state index contributed by atoms with van der Waals surface area (Å²) < 4.78 is 11.0. The van der Waals surface area contributed by atoms with Gasteiger partial charge in [-0.05, 0) is 68.2 Å². The Morgan fingerprint density at radius 1 is 1.08 bits per heavy atom. The zero-order valence-corrected chi connectivity index (χ0v) is 16.5. The van der Waals surface area contributed by atoms with Crippen molar-refractivity contribution in [2.75, 3.05) is 13.1 Å². The SMILES string of the molecule is CCN(C(=O)OC(C)(C)C)C1CCN(C(=O)OC(C)(C)C)C(C)C1. The van der Waals surface area contributed by atoms with Crippen molar-refractivity contribution in [1.82, 2.24) is 9.80 Å². The predicted molar refractivity (Wildman–Crippen MR) is 94.0 cm³/mol. The lowest BCUT2D eigenvalue weighted by Crippen LogP contribution is -2.53. The van der Waals surface area contributed by atoms with Crippen LogP contribution >= 0.6 is 0 Å². The maximum atomic E-state index is 12.4. The second-order valence-corrected chi connectivity index (χ2v) is 8.47. The van der Waals surface area contributed by atoms with Crippen LogP contribution in [0.3, 0.4) is 0 Å². The number of likely N-dealkylation sites (tertiary alicyclic amines) is 1. The summed E-state index contributed by atoms with van der Waals surface area (Å²) in [5, 5.41) is 0. The molecule has 0 aromatic rings. The van der Waals surface area contributed by atoms with E-state index in [1.165, 1.54) is 0 Å². The van der Waals surface area contributed by atoms with Crippen LogP contribution in [-0.2, 0) is 9.47 Å². The van der Waals surface area contributed by atoms with Gasteiger partial charge in [-0.25, -0.2) is 9.59 Å². The van der Waals surface area contributed by atoms with Crippen LogP contribution in [0.2, 0.25) is 0 Å². The second kappa shape index (κ2) is 7.62. The molecule has 2 atom stereocenters. The molecule has 0 spiro atoms. The standard InChI is InChI=1S/C18H34N2O4/c1-9-19(15(21)23-17(3,4)5)14-10-11-20(13(2)12-14)16(22)24-18(6,7)8/h13-14H,9-12H2,1-8H3. The third-order valence-corrected chi connectivity index (χ3v) is 3.89. The summed E-state index contributed by atoms with van der Waals surface area (Å²) in [6.45, 7) is 16.3. The van der Waals surface area contributed by atoms with E-state index in [4.69, 9.17) is 9.47 Å². The molecule has 0 radical (unpaired) electrons. The highest BCUT2D eigenvalue weighted by Gasteiger charge is 2.36. The predicted octanol–water partition coefficient (Wildman–Crippen LogP) is 4.03. The van der Waals surface area contributed by atoms with Crippen molar-refractivity contribution in [2.45, 2.75) is 91.5 Å². The molecule has 1 aliphatic rings. The normalized spacial score (nSPS) is 22.1. The zero-order valence-electron chi connectivity index (χ0n) is 16.5. The number of carbonyl (C=O) groups is 2. The Kier molecular flexibility index (Phi) is 6.53. The molecule has 0 aromatic carbocycles. The molecule has 0 aliphatic carbocycles. The Labute approximate surface area is 146 Å². The lowest BCUT2D eigenvalue weighted by molar-refractivity contribution is -0.00817. The first-order chi connectivity index (χ1) is 10.8. The number of amides is 2. The molecule has 2 amide bonds. The highest BCUT2D eigenvalue weighted by atomic mass is 16.6. The molecule has 1 rings (SSSR count). The van der Waals surface area contributed by atoms with E-state index in [1.807, 2.05) is 55.4 Å². The lowest BCUT2D eigenvalue weighted by Gasteiger charge is -2.42. The van der Waals surface area contributed by atoms with Gasteiger partial charge in [0.15, 0.2) is 0 Å². The van der Waals surface area contributed by atoms with Crippen LogP contribution in [0.25, 0.3) is 0 Å². The van der Waals surface area contributed by atoms with E-state index < -0.39 is 11.2 Å². The van der Waals surface area contributed by atoms with Crippen molar-refractivity contribution in [2.24, 2.45) is 0 Å². The number of hydrogen-bond acceptors (Lipinski definition) is 4. The van der Waals surface area contributed by atoms with Crippen LogP contribution in [0, 0.1) is 0 Å². The quantitative estimate of drug-likeness (QED) is 0.760. The first-order valence-electron chi connectivity index (χ1n) is 8.83. The molecule has 6 heteroatoms. The van der Waals surface area contributed by atoms with Crippen LogP contribution < -0.4 is 0 Å². The third-order valence-electron chi connectivity index (χ3n) is 3.89. The van der Waals surface area contributed by atoms with Gasteiger partial charge in [0, 0.05) is 25.2 Å². The first kappa shape index (κ1) is 20.6. The molecule has 1 heterocycles. The highest BCUT2D eigenvalue weighted by Crippen LogP contribution is 2.25. The molecule has 0 N–H and O–H groups in total. The van der Waals surface area contributed by atoms with Crippen LogP contribution in [0.5, 0.6) is 0 Å². The molecule has 2 unspecified atom stereocenters. The molecular formula is C18H34N2O4. The highest BCUT2D eigenvalue weighted by molar-refractivity contribution is 5.70. The fourth-order valence-electron chi connectivity index (χ4n) is 2.88. The fraction of sp³-hybridized carbons (Fsp3) is 0.889. The fourth-order valence-corrected chi connectivity index (χ4v) is 2.88. The largest absolute Gasteiger partial charge is 0.444 e. The Balaban J connectivity index is 2.69. The van der Waals surface area contributed by atoms with Crippen molar-refractivity contribution in [1.29, 1.82) is 0 Å². The van der Waals surface area contributed by atoms with Crippen molar-refractivity contribution in [3.63, 3.8) is 0 Å². The summed E-state index contributed by atoms with van der Waals surface area (Å²) in [5.74, 6) is 0. The first-order valence-corrected chi connectivity index (χ1v) is 8.83. The Bertz CT molecular complexity index is 451. The smallest absolute Gasteiger partial charge is 0.410 e. The maximum absolute atomic E-state index is 12.4. The molecule has 0 bridgehead atoms. The number of piperidine rings is 1. The van der Waals surface area contributed by atoms with Crippen LogP contribution in [0.4, 0.5) is 9.59 Å². The van der Waals surface area contributed by atoms with Gasteiger partial charge in [-0.15, -0.1) is 0 Å². The number of ether oxygens (including phenoxy) is 2. The molecule has 1 aliphatic heterocycles. The van der Waals surface area contributed by atoms with E-state index in [2.05, 4.69) is 0 Å². The Hall–Kier alpha value is -1.46. The maximum Gasteiger partial charge on any atom is 0.410 e. The summed E-state index contributed by atoms with van der Waals surface area (Å²) in [7, 11) is 0. The Morgan fingerprint density at radius 3 is 2.04 bits per heavy atom. The molecule has 0 aromatic heterocycles. The molecule has 140 valence electrons. The van der Waals surface area contributed by atoms with E-state index >= 15 is 0 Å². The summed E-state index contributed by atoms with van der Waals surface area (Å²) in [6.07, 6.45) is 0.893. The summed E-state index contributed by atoms with van der Waals surface area (Å²) in [6, 6.07) is 0.105. The summed E-state index contributed by atoms with van der Waals surface area (Å²) in [4.78, 5) is 28.2. The lowest BCUT2D eigenvalue weighted by atomic mass is 9.97. The van der Waals surface area contributed by atoms with Gasteiger partial charge in [0.1, 0.15) is 11.2 Å².